The van der Waals surface area contributed by atoms with Gasteiger partial charge in [-0.15, -0.1) is 0 Å². The predicted molar refractivity (Wildman–Crippen MR) is 83.2 cm³/mol. The number of thioether (sulfide) groups is 1. The van der Waals surface area contributed by atoms with Gasteiger partial charge in [-0.05, 0) is 37.0 Å². The van der Waals surface area contributed by atoms with E-state index in [0.717, 1.165) is 12.8 Å². The van der Waals surface area contributed by atoms with Crippen molar-refractivity contribution in [1.82, 2.24) is 0 Å². The number of nitrogens with zero attached hydrogens (tertiary/aromatic N) is 2. The van der Waals surface area contributed by atoms with E-state index in [-0.39, 0.29) is 5.69 Å². The molecule has 0 saturated carbocycles. The second kappa shape index (κ2) is 9.21. The fourth-order valence-electron chi connectivity index (χ4n) is 1.85. The zero-order chi connectivity index (χ0) is 14.8. The first-order valence-corrected chi connectivity index (χ1v) is 7.99. The Hall–Kier alpha value is -1.74. The van der Waals surface area contributed by atoms with E-state index in [0.29, 0.717) is 17.8 Å². The van der Waals surface area contributed by atoms with Gasteiger partial charge < -0.3 is 5.32 Å². The average Bonchev–Trinajstić information content (AvgIpc) is 2.46. The van der Waals surface area contributed by atoms with Crippen molar-refractivity contribution >= 4 is 23.1 Å². The van der Waals surface area contributed by atoms with Crippen LogP contribution in [0.25, 0.3) is 0 Å². The molecule has 0 amide bonds. The first-order chi connectivity index (χ1) is 9.69. The van der Waals surface area contributed by atoms with E-state index in [9.17, 15) is 10.1 Å². The summed E-state index contributed by atoms with van der Waals surface area (Å²) in [6, 6.07) is 6.41. The topological polar surface area (TPSA) is 79.0 Å². The van der Waals surface area contributed by atoms with Crippen molar-refractivity contribution < 1.29 is 4.92 Å². The molecule has 0 aliphatic rings. The molecule has 0 aliphatic heterocycles. The molecule has 0 unspecified atom stereocenters. The highest BCUT2D eigenvalue weighted by Gasteiger charge is 2.13. The Morgan fingerprint density at radius 3 is 2.75 bits per heavy atom. The van der Waals surface area contributed by atoms with E-state index in [1.54, 1.807) is 12.1 Å². The molecule has 1 aromatic carbocycles. The Labute approximate surface area is 123 Å². The normalized spacial score (nSPS) is 10.0. The van der Waals surface area contributed by atoms with Gasteiger partial charge in [-0.25, -0.2) is 0 Å². The summed E-state index contributed by atoms with van der Waals surface area (Å²) in [7, 11) is 0. The zero-order valence-electron chi connectivity index (χ0n) is 11.6. The molecule has 108 valence electrons. The van der Waals surface area contributed by atoms with Crippen LogP contribution in [0.15, 0.2) is 18.2 Å². The summed E-state index contributed by atoms with van der Waals surface area (Å²) in [5.41, 5.74) is 0.754. The number of nitro groups is 1. The smallest absolute Gasteiger partial charge is 0.293 e. The predicted octanol–water partition coefficient (Wildman–Crippen LogP) is 3.80. The molecule has 1 aromatic rings. The second-order valence-electron chi connectivity index (χ2n) is 4.43. The van der Waals surface area contributed by atoms with Crippen LogP contribution in [-0.4, -0.2) is 23.5 Å². The van der Waals surface area contributed by atoms with Gasteiger partial charge in [0.15, 0.2) is 0 Å². The van der Waals surface area contributed by atoms with Gasteiger partial charge in [-0.2, -0.15) is 17.0 Å². The van der Waals surface area contributed by atoms with Crippen molar-refractivity contribution in [3.63, 3.8) is 0 Å². The number of rotatable bonds is 9. The van der Waals surface area contributed by atoms with Crippen molar-refractivity contribution in [2.24, 2.45) is 0 Å². The number of hydrogen-bond donors (Lipinski definition) is 1. The van der Waals surface area contributed by atoms with E-state index in [2.05, 4.69) is 11.6 Å². The fourth-order valence-corrected chi connectivity index (χ4v) is 2.34. The van der Waals surface area contributed by atoms with Crippen LogP contribution >= 0.6 is 11.8 Å². The zero-order valence-corrected chi connectivity index (χ0v) is 12.4. The van der Waals surface area contributed by atoms with Gasteiger partial charge in [0.2, 0.25) is 0 Å². The van der Waals surface area contributed by atoms with E-state index in [4.69, 9.17) is 5.26 Å². The van der Waals surface area contributed by atoms with Gasteiger partial charge in [-0.3, -0.25) is 10.1 Å². The Morgan fingerprint density at radius 2 is 2.10 bits per heavy atom. The van der Waals surface area contributed by atoms with Crippen LogP contribution in [0, 0.1) is 21.4 Å². The molecular formula is C14H19N3O2S. The summed E-state index contributed by atoms with van der Waals surface area (Å²) in [4.78, 5) is 10.5. The molecule has 20 heavy (non-hydrogen) atoms. The lowest BCUT2D eigenvalue weighted by molar-refractivity contribution is -0.384. The van der Waals surface area contributed by atoms with Crippen molar-refractivity contribution in [2.45, 2.75) is 25.7 Å². The van der Waals surface area contributed by atoms with E-state index in [1.165, 1.54) is 24.7 Å². The minimum atomic E-state index is -0.457. The van der Waals surface area contributed by atoms with Crippen LogP contribution in [0.4, 0.5) is 11.4 Å². The van der Waals surface area contributed by atoms with Crippen LogP contribution in [0.2, 0.25) is 0 Å². The lowest BCUT2D eigenvalue weighted by Gasteiger charge is -2.07. The molecule has 0 atom stereocenters. The molecule has 0 bridgehead atoms. The van der Waals surface area contributed by atoms with Crippen LogP contribution in [-0.2, 0) is 0 Å². The van der Waals surface area contributed by atoms with Crippen LogP contribution in [0.1, 0.15) is 31.2 Å². The number of benzene rings is 1. The monoisotopic (exact) mass is 293 g/mol. The maximum absolute atomic E-state index is 11.0. The van der Waals surface area contributed by atoms with Gasteiger partial charge in [0.05, 0.1) is 16.6 Å². The van der Waals surface area contributed by atoms with E-state index < -0.39 is 4.92 Å². The lowest BCUT2D eigenvalue weighted by atomic mass is 10.1. The van der Waals surface area contributed by atoms with Crippen LogP contribution in [0.5, 0.6) is 0 Å². The Balaban J connectivity index is 2.44. The highest BCUT2D eigenvalue weighted by molar-refractivity contribution is 7.98. The van der Waals surface area contributed by atoms with Gasteiger partial charge in [0, 0.05) is 12.6 Å². The highest BCUT2D eigenvalue weighted by Crippen LogP contribution is 2.25. The fraction of sp³-hybridized carbons (Fsp3) is 0.500. The SMILES string of the molecule is CSCCCCCCNc1ccc(C#N)cc1[N+](=O)[O-]. The third-order valence-corrected chi connectivity index (χ3v) is 3.61. The molecule has 0 fully saturated rings. The second-order valence-corrected chi connectivity index (χ2v) is 5.42. The van der Waals surface area contributed by atoms with Crippen molar-refractivity contribution in [3.05, 3.63) is 33.9 Å². The third kappa shape index (κ3) is 5.49. The quantitative estimate of drug-likeness (QED) is 0.425. The molecule has 5 nitrogen and oxygen atoms in total. The maximum Gasteiger partial charge on any atom is 0.293 e. The summed E-state index contributed by atoms with van der Waals surface area (Å²) >= 11 is 1.85. The Morgan fingerprint density at radius 1 is 1.35 bits per heavy atom. The molecule has 0 aromatic heterocycles. The number of nitro benzene ring substituents is 1. The maximum atomic E-state index is 11.0. The summed E-state index contributed by atoms with van der Waals surface area (Å²) in [6.07, 6.45) is 6.63. The van der Waals surface area contributed by atoms with Gasteiger partial charge in [0.25, 0.3) is 5.69 Å². The molecule has 6 heteroatoms. The highest BCUT2D eigenvalue weighted by atomic mass is 32.2. The largest absolute Gasteiger partial charge is 0.379 e. The summed E-state index contributed by atoms with van der Waals surface area (Å²) in [5, 5.41) is 22.8. The van der Waals surface area contributed by atoms with E-state index in [1.807, 2.05) is 17.8 Å². The molecule has 0 heterocycles. The number of unbranched alkanes of at least 4 members (excludes halogenated alkanes) is 3. The third-order valence-electron chi connectivity index (χ3n) is 2.91. The standard InChI is InChI=1S/C14H19N3O2S/c1-20-9-5-3-2-4-8-16-13-7-6-12(11-15)10-14(13)17(18)19/h6-7,10,16H,2-5,8-9H2,1H3. The minimum Gasteiger partial charge on any atom is -0.379 e. The summed E-state index contributed by atoms with van der Waals surface area (Å²) < 4.78 is 0. The van der Waals surface area contributed by atoms with Gasteiger partial charge in [-0.1, -0.05) is 12.8 Å². The lowest BCUT2D eigenvalue weighted by Crippen LogP contribution is -2.04. The molecular weight excluding hydrogens is 274 g/mol. The van der Waals surface area contributed by atoms with Crippen LogP contribution < -0.4 is 5.32 Å². The Bertz CT molecular complexity index is 486. The van der Waals surface area contributed by atoms with Crippen molar-refractivity contribution in [1.29, 1.82) is 5.26 Å². The summed E-state index contributed by atoms with van der Waals surface area (Å²) in [5.74, 6) is 1.19. The van der Waals surface area contributed by atoms with Gasteiger partial charge in [0.1, 0.15) is 5.69 Å². The molecule has 0 aliphatic carbocycles. The molecule has 0 radical (unpaired) electrons. The molecule has 1 N–H and O–H groups in total. The van der Waals surface area contributed by atoms with E-state index >= 15 is 0 Å². The number of hydrogen-bond acceptors (Lipinski definition) is 5. The molecule has 1 rings (SSSR count). The first kappa shape index (κ1) is 16.3. The first-order valence-electron chi connectivity index (χ1n) is 6.60. The summed E-state index contributed by atoms with van der Waals surface area (Å²) in [6.45, 7) is 0.714. The average molecular weight is 293 g/mol. The number of anilines is 1. The molecule has 0 spiro atoms. The Kier molecular flexibility index (Phi) is 7.51. The minimum absolute atomic E-state index is 0.0357. The van der Waals surface area contributed by atoms with Crippen molar-refractivity contribution in [2.75, 3.05) is 23.9 Å². The van der Waals surface area contributed by atoms with Crippen LogP contribution in [0.3, 0.4) is 0 Å². The van der Waals surface area contributed by atoms with Gasteiger partial charge >= 0.3 is 0 Å². The molecule has 0 saturated heterocycles. The number of nitrogens with one attached hydrogen (secondary N) is 1. The van der Waals surface area contributed by atoms with Crippen molar-refractivity contribution in [3.8, 4) is 6.07 Å². The number of nitriles is 1.